The smallest absolute Gasteiger partial charge is 0.128 e. The fourth-order valence-electron chi connectivity index (χ4n) is 3.03. The Balaban J connectivity index is 2.14. The zero-order valence-electron chi connectivity index (χ0n) is 9.15. The van der Waals surface area contributed by atoms with Crippen LogP contribution in [0.4, 0.5) is 0 Å². The van der Waals surface area contributed by atoms with Gasteiger partial charge in [-0.25, -0.2) is 0 Å². The Morgan fingerprint density at radius 2 is 2.07 bits per heavy atom. The highest BCUT2D eigenvalue weighted by Gasteiger charge is 2.45. The van der Waals surface area contributed by atoms with E-state index in [-0.39, 0.29) is 17.4 Å². The summed E-state index contributed by atoms with van der Waals surface area (Å²) < 4.78 is 5.35. The first-order valence-corrected chi connectivity index (χ1v) is 6.01. The number of hydrogen-bond donors (Lipinski definition) is 1. The van der Waals surface area contributed by atoms with Crippen LogP contribution in [0.3, 0.4) is 0 Å². The van der Waals surface area contributed by atoms with Crippen LogP contribution in [0.1, 0.15) is 38.5 Å². The lowest BCUT2D eigenvalue weighted by Gasteiger charge is -2.33. The van der Waals surface area contributed by atoms with Crippen LogP contribution in [0.5, 0.6) is 0 Å². The van der Waals surface area contributed by atoms with E-state index >= 15 is 0 Å². The Bertz CT molecular complexity index is 221. The van der Waals surface area contributed by atoms with Gasteiger partial charge in [0.25, 0.3) is 0 Å². The molecule has 1 saturated carbocycles. The van der Waals surface area contributed by atoms with Crippen molar-refractivity contribution in [3.63, 3.8) is 0 Å². The third-order valence-corrected chi connectivity index (χ3v) is 4.04. The van der Waals surface area contributed by atoms with E-state index in [2.05, 4.69) is 0 Å². The van der Waals surface area contributed by atoms with Crippen molar-refractivity contribution in [2.75, 3.05) is 13.2 Å². The molecule has 0 bridgehead atoms. The molecule has 15 heavy (non-hydrogen) atoms. The largest absolute Gasteiger partial charge is 0.393 e. The average Bonchev–Trinajstić information content (AvgIpc) is 2.63. The zero-order chi connectivity index (χ0) is 10.7. The summed E-state index contributed by atoms with van der Waals surface area (Å²) in [7, 11) is 0. The number of hydrogen-bond acceptors (Lipinski definition) is 3. The van der Waals surface area contributed by atoms with Gasteiger partial charge in [-0.3, -0.25) is 0 Å². The molecule has 1 N–H and O–H groups in total. The van der Waals surface area contributed by atoms with Gasteiger partial charge in [0.2, 0.25) is 0 Å². The van der Waals surface area contributed by atoms with E-state index in [1.165, 1.54) is 6.42 Å². The van der Waals surface area contributed by atoms with Crippen molar-refractivity contribution in [1.29, 1.82) is 0 Å². The van der Waals surface area contributed by atoms with Crippen LogP contribution >= 0.6 is 0 Å². The van der Waals surface area contributed by atoms with Crippen molar-refractivity contribution < 1.29 is 14.6 Å². The van der Waals surface area contributed by atoms with Crippen LogP contribution in [0.15, 0.2) is 0 Å². The molecular formula is C12H20O3. The van der Waals surface area contributed by atoms with E-state index in [4.69, 9.17) is 4.74 Å². The molecule has 1 heterocycles. The van der Waals surface area contributed by atoms with Gasteiger partial charge in [-0.2, -0.15) is 0 Å². The van der Waals surface area contributed by atoms with Crippen molar-refractivity contribution in [2.45, 2.75) is 44.6 Å². The summed E-state index contributed by atoms with van der Waals surface area (Å²) >= 11 is 0. The summed E-state index contributed by atoms with van der Waals surface area (Å²) in [4.78, 5) is 11.3. The first-order valence-electron chi connectivity index (χ1n) is 6.01. The Kier molecular flexibility index (Phi) is 3.42. The highest BCUT2D eigenvalue weighted by molar-refractivity contribution is 5.61. The summed E-state index contributed by atoms with van der Waals surface area (Å²) in [6.45, 7) is 1.18. The summed E-state index contributed by atoms with van der Waals surface area (Å²) in [6, 6.07) is 0. The maximum atomic E-state index is 11.3. The Morgan fingerprint density at radius 1 is 1.27 bits per heavy atom. The van der Waals surface area contributed by atoms with E-state index in [0.717, 1.165) is 38.4 Å². The molecule has 0 aromatic rings. The van der Waals surface area contributed by atoms with Crippen molar-refractivity contribution >= 4 is 6.29 Å². The molecule has 3 unspecified atom stereocenters. The second-order valence-electron chi connectivity index (χ2n) is 4.97. The topological polar surface area (TPSA) is 46.5 Å². The molecule has 2 aliphatic rings. The molecule has 0 aromatic heterocycles. The van der Waals surface area contributed by atoms with Crippen LogP contribution in [0.25, 0.3) is 0 Å². The fraction of sp³-hybridized carbons (Fsp3) is 0.917. The van der Waals surface area contributed by atoms with E-state index in [0.29, 0.717) is 13.2 Å². The molecule has 2 rings (SSSR count). The molecule has 3 heteroatoms. The number of rotatable bonds is 2. The molecule has 0 spiro atoms. The molecule has 0 radical (unpaired) electrons. The van der Waals surface area contributed by atoms with Crippen LogP contribution in [0.2, 0.25) is 0 Å². The highest BCUT2D eigenvalue weighted by Crippen LogP contribution is 2.42. The number of aldehydes is 1. The zero-order valence-corrected chi connectivity index (χ0v) is 9.15. The second-order valence-corrected chi connectivity index (χ2v) is 4.97. The predicted octanol–water partition coefficient (Wildman–Crippen LogP) is 1.53. The molecule has 1 aliphatic heterocycles. The van der Waals surface area contributed by atoms with Crippen LogP contribution in [-0.2, 0) is 9.53 Å². The molecule has 1 aliphatic carbocycles. The maximum absolute atomic E-state index is 11.3. The van der Waals surface area contributed by atoms with Crippen LogP contribution in [-0.4, -0.2) is 30.7 Å². The third kappa shape index (κ3) is 2.08. The first kappa shape index (κ1) is 11.1. The molecule has 1 saturated heterocycles. The van der Waals surface area contributed by atoms with Gasteiger partial charge >= 0.3 is 0 Å². The number of ether oxygens (including phenoxy) is 1. The Hall–Kier alpha value is -0.410. The first-order chi connectivity index (χ1) is 7.28. The van der Waals surface area contributed by atoms with Gasteiger partial charge < -0.3 is 14.6 Å². The molecule has 2 fully saturated rings. The SMILES string of the molecule is O=CC1(C2CCCCCC2O)CCOC1. The third-order valence-electron chi connectivity index (χ3n) is 4.04. The fourth-order valence-corrected chi connectivity index (χ4v) is 3.03. The Morgan fingerprint density at radius 3 is 2.73 bits per heavy atom. The lowest BCUT2D eigenvalue weighted by atomic mass is 9.71. The van der Waals surface area contributed by atoms with E-state index in [9.17, 15) is 9.90 Å². The molecular weight excluding hydrogens is 192 g/mol. The summed E-state index contributed by atoms with van der Waals surface area (Å²) in [5.74, 6) is 0.125. The summed E-state index contributed by atoms with van der Waals surface area (Å²) in [6.07, 6.45) is 6.76. The standard InChI is InChI=1S/C12H20O3/c13-8-12(6-7-15-9-12)10-4-2-1-3-5-11(10)14/h8,10-11,14H,1-7,9H2. The monoisotopic (exact) mass is 212 g/mol. The lowest BCUT2D eigenvalue weighted by Crippen LogP contribution is -2.39. The maximum Gasteiger partial charge on any atom is 0.128 e. The van der Waals surface area contributed by atoms with Crippen LogP contribution < -0.4 is 0 Å². The van der Waals surface area contributed by atoms with Gasteiger partial charge in [0.1, 0.15) is 6.29 Å². The lowest BCUT2D eigenvalue weighted by molar-refractivity contribution is -0.122. The molecule has 0 aromatic carbocycles. The van der Waals surface area contributed by atoms with Gasteiger partial charge in [-0.15, -0.1) is 0 Å². The van der Waals surface area contributed by atoms with E-state index < -0.39 is 0 Å². The van der Waals surface area contributed by atoms with Gasteiger partial charge in [-0.05, 0) is 25.2 Å². The van der Waals surface area contributed by atoms with Crippen molar-refractivity contribution in [1.82, 2.24) is 0 Å². The minimum Gasteiger partial charge on any atom is -0.393 e. The predicted molar refractivity (Wildman–Crippen MR) is 56.5 cm³/mol. The number of aliphatic hydroxyl groups excluding tert-OH is 1. The van der Waals surface area contributed by atoms with Crippen LogP contribution in [0, 0.1) is 11.3 Å². The Labute approximate surface area is 90.8 Å². The summed E-state index contributed by atoms with van der Waals surface area (Å²) in [5, 5.41) is 10.1. The van der Waals surface area contributed by atoms with E-state index in [1.807, 2.05) is 0 Å². The highest BCUT2D eigenvalue weighted by atomic mass is 16.5. The number of carbonyl (C=O) groups excluding carboxylic acids is 1. The van der Waals surface area contributed by atoms with Gasteiger partial charge in [-0.1, -0.05) is 19.3 Å². The molecule has 3 atom stereocenters. The van der Waals surface area contributed by atoms with Gasteiger partial charge in [0.05, 0.1) is 18.1 Å². The van der Waals surface area contributed by atoms with Gasteiger partial charge in [0, 0.05) is 6.61 Å². The van der Waals surface area contributed by atoms with Crippen molar-refractivity contribution in [2.24, 2.45) is 11.3 Å². The van der Waals surface area contributed by atoms with Gasteiger partial charge in [0.15, 0.2) is 0 Å². The number of carbonyl (C=O) groups is 1. The normalized spacial score (nSPS) is 42.5. The minimum atomic E-state index is -0.385. The average molecular weight is 212 g/mol. The second kappa shape index (κ2) is 4.62. The van der Waals surface area contributed by atoms with Crippen molar-refractivity contribution in [3.8, 4) is 0 Å². The number of aliphatic hydroxyl groups is 1. The molecule has 3 nitrogen and oxygen atoms in total. The summed E-state index contributed by atoms with van der Waals surface area (Å²) in [5.41, 5.74) is -0.385. The molecule has 86 valence electrons. The van der Waals surface area contributed by atoms with Crippen molar-refractivity contribution in [3.05, 3.63) is 0 Å². The quantitative estimate of drug-likeness (QED) is 0.558. The minimum absolute atomic E-state index is 0.125. The molecule has 0 amide bonds. The van der Waals surface area contributed by atoms with E-state index in [1.54, 1.807) is 0 Å².